The molecule has 0 saturated carbocycles. The van der Waals surface area contributed by atoms with E-state index in [1.807, 2.05) is 0 Å². The van der Waals surface area contributed by atoms with Gasteiger partial charge in [0.2, 0.25) is 0 Å². The Labute approximate surface area is 106 Å². The summed E-state index contributed by atoms with van der Waals surface area (Å²) in [6.07, 6.45) is 2.25. The summed E-state index contributed by atoms with van der Waals surface area (Å²) in [5.74, 6) is 0.213. The van der Waals surface area contributed by atoms with Crippen molar-refractivity contribution in [2.24, 2.45) is 0 Å². The first-order valence-electron chi connectivity index (χ1n) is 6.12. The summed E-state index contributed by atoms with van der Waals surface area (Å²) in [5.41, 5.74) is 0.220. The van der Waals surface area contributed by atoms with Crippen LogP contribution in [0.3, 0.4) is 0 Å². The summed E-state index contributed by atoms with van der Waals surface area (Å²) in [6, 6.07) is 4.11. The highest BCUT2D eigenvalue weighted by Crippen LogP contribution is 2.14. The monoisotopic (exact) mass is 250 g/mol. The van der Waals surface area contributed by atoms with Crippen LogP contribution in [0.2, 0.25) is 0 Å². The average molecular weight is 250 g/mol. The molecule has 1 fully saturated rings. The fourth-order valence-electron chi connectivity index (χ4n) is 2.05. The zero-order chi connectivity index (χ0) is 13.0. The predicted octanol–water partition coefficient (Wildman–Crippen LogP) is 0.816. The van der Waals surface area contributed by atoms with Crippen molar-refractivity contribution < 1.29 is 9.53 Å². The van der Waals surface area contributed by atoms with Crippen LogP contribution in [-0.2, 0) is 4.74 Å². The maximum absolute atomic E-state index is 11.2. The first-order chi connectivity index (χ1) is 8.70. The van der Waals surface area contributed by atoms with E-state index in [0.717, 1.165) is 19.4 Å². The number of carbonyl (C=O) groups excluding carboxylic acids is 1. The van der Waals surface area contributed by atoms with Gasteiger partial charge in [0.1, 0.15) is 5.82 Å². The summed E-state index contributed by atoms with van der Waals surface area (Å²) >= 11 is 0. The van der Waals surface area contributed by atoms with Gasteiger partial charge in [0.25, 0.3) is 0 Å². The molecular formula is C12H18N4O2. The molecule has 6 nitrogen and oxygen atoms in total. The lowest BCUT2D eigenvalue weighted by atomic mass is 10.00. The largest absolute Gasteiger partial charge is 0.464 e. The van der Waals surface area contributed by atoms with Crippen LogP contribution in [0, 0.1) is 0 Å². The molecule has 18 heavy (non-hydrogen) atoms. The Balaban J connectivity index is 1.99. The van der Waals surface area contributed by atoms with Gasteiger partial charge in [-0.25, -0.2) is 4.79 Å². The van der Waals surface area contributed by atoms with E-state index in [1.165, 1.54) is 7.11 Å². The van der Waals surface area contributed by atoms with E-state index < -0.39 is 5.97 Å². The van der Waals surface area contributed by atoms with Gasteiger partial charge in [0.05, 0.1) is 7.11 Å². The Morgan fingerprint density at radius 1 is 1.50 bits per heavy atom. The van der Waals surface area contributed by atoms with E-state index >= 15 is 0 Å². The second-order valence-electron chi connectivity index (χ2n) is 4.43. The van der Waals surface area contributed by atoms with Gasteiger partial charge < -0.3 is 15.4 Å². The molecule has 1 aliphatic heterocycles. The molecule has 2 rings (SSSR count). The van der Waals surface area contributed by atoms with Crippen molar-refractivity contribution in [1.29, 1.82) is 0 Å². The van der Waals surface area contributed by atoms with Crippen LogP contribution in [0.4, 0.5) is 5.82 Å². The molecule has 2 heterocycles. The lowest BCUT2D eigenvalue weighted by Crippen LogP contribution is -2.46. The normalized spacial score (nSPS) is 23.4. The van der Waals surface area contributed by atoms with E-state index in [9.17, 15) is 4.79 Å². The molecule has 0 amide bonds. The van der Waals surface area contributed by atoms with Gasteiger partial charge in [-0.1, -0.05) is 0 Å². The maximum Gasteiger partial charge on any atom is 0.358 e. The van der Waals surface area contributed by atoms with Crippen molar-refractivity contribution >= 4 is 11.8 Å². The maximum atomic E-state index is 11.2. The van der Waals surface area contributed by atoms with Crippen LogP contribution in [0.1, 0.15) is 30.3 Å². The van der Waals surface area contributed by atoms with E-state index in [-0.39, 0.29) is 5.69 Å². The Morgan fingerprint density at radius 2 is 2.33 bits per heavy atom. The molecule has 0 radical (unpaired) electrons. The molecular weight excluding hydrogens is 232 g/mol. The molecule has 2 atom stereocenters. The number of aromatic nitrogens is 2. The van der Waals surface area contributed by atoms with E-state index in [1.54, 1.807) is 12.1 Å². The van der Waals surface area contributed by atoms with E-state index in [0.29, 0.717) is 17.9 Å². The number of ether oxygens (including phenoxy) is 1. The number of hydrogen-bond acceptors (Lipinski definition) is 6. The smallest absolute Gasteiger partial charge is 0.358 e. The lowest BCUT2D eigenvalue weighted by Gasteiger charge is -2.30. The van der Waals surface area contributed by atoms with E-state index in [2.05, 4.69) is 32.5 Å². The van der Waals surface area contributed by atoms with Gasteiger partial charge in [-0.05, 0) is 38.4 Å². The highest BCUT2D eigenvalue weighted by Gasteiger charge is 2.21. The minimum absolute atomic E-state index is 0.220. The van der Waals surface area contributed by atoms with Crippen LogP contribution in [0.5, 0.6) is 0 Å². The number of anilines is 1. The minimum atomic E-state index is -0.471. The van der Waals surface area contributed by atoms with Crippen molar-refractivity contribution in [3.05, 3.63) is 17.8 Å². The van der Waals surface area contributed by atoms with E-state index in [4.69, 9.17) is 0 Å². The third kappa shape index (κ3) is 2.95. The van der Waals surface area contributed by atoms with Crippen LogP contribution >= 0.6 is 0 Å². The Hall–Kier alpha value is -1.69. The molecule has 6 heteroatoms. The first-order valence-corrected chi connectivity index (χ1v) is 6.12. The van der Waals surface area contributed by atoms with Crippen molar-refractivity contribution in [1.82, 2.24) is 15.5 Å². The Bertz CT molecular complexity index is 407. The molecule has 1 aliphatic rings. The van der Waals surface area contributed by atoms with Crippen LogP contribution in [0.25, 0.3) is 0 Å². The zero-order valence-corrected chi connectivity index (χ0v) is 10.6. The van der Waals surface area contributed by atoms with Gasteiger partial charge in [0.15, 0.2) is 5.69 Å². The number of hydrogen-bond donors (Lipinski definition) is 2. The number of rotatable bonds is 3. The van der Waals surface area contributed by atoms with Crippen LogP contribution in [-0.4, -0.2) is 41.9 Å². The molecule has 2 unspecified atom stereocenters. The van der Waals surface area contributed by atoms with Crippen molar-refractivity contribution in [2.75, 3.05) is 19.0 Å². The topological polar surface area (TPSA) is 76.1 Å². The molecule has 0 bridgehead atoms. The molecule has 1 saturated heterocycles. The molecule has 0 aromatic carbocycles. The average Bonchev–Trinajstić information content (AvgIpc) is 2.41. The number of piperidine rings is 1. The molecule has 2 N–H and O–H groups in total. The standard InChI is InChI=1S/C12H18N4O2/c1-8-9(4-3-7-13-8)14-11-6-5-10(15-16-11)12(17)18-2/h5-6,8-9,13H,3-4,7H2,1-2H3,(H,14,16). The van der Waals surface area contributed by atoms with Gasteiger partial charge in [0, 0.05) is 12.1 Å². The number of esters is 1. The fraction of sp³-hybridized carbons (Fsp3) is 0.583. The van der Waals surface area contributed by atoms with Gasteiger partial charge >= 0.3 is 5.97 Å². The first kappa shape index (κ1) is 12.8. The Morgan fingerprint density at radius 3 is 2.94 bits per heavy atom. The number of nitrogens with one attached hydrogen (secondary N) is 2. The summed E-state index contributed by atoms with van der Waals surface area (Å²) in [7, 11) is 1.32. The van der Waals surface area contributed by atoms with Crippen molar-refractivity contribution in [3.63, 3.8) is 0 Å². The van der Waals surface area contributed by atoms with Gasteiger partial charge in [-0.2, -0.15) is 0 Å². The van der Waals surface area contributed by atoms with Crippen LogP contribution in [0.15, 0.2) is 12.1 Å². The molecule has 1 aromatic rings. The lowest BCUT2D eigenvalue weighted by molar-refractivity contribution is 0.0593. The van der Waals surface area contributed by atoms with Crippen molar-refractivity contribution in [2.45, 2.75) is 31.8 Å². The number of methoxy groups -OCH3 is 1. The SMILES string of the molecule is COC(=O)c1ccc(NC2CCCNC2C)nn1. The highest BCUT2D eigenvalue weighted by molar-refractivity contribution is 5.86. The summed E-state index contributed by atoms with van der Waals surface area (Å²) in [5, 5.41) is 14.6. The molecule has 1 aromatic heterocycles. The Kier molecular flexibility index (Phi) is 4.09. The van der Waals surface area contributed by atoms with Gasteiger partial charge in [-0.15, -0.1) is 10.2 Å². The third-order valence-electron chi connectivity index (χ3n) is 3.15. The predicted molar refractivity (Wildman–Crippen MR) is 67.5 cm³/mol. The van der Waals surface area contributed by atoms with Crippen molar-refractivity contribution in [3.8, 4) is 0 Å². The molecule has 98 valence electrons. The quantitative estimate of drug-likeness (QED) is 0.773. The van der Waals surface area contributed by atoms with Crippen LogP contribution < -0.4 is 10.6 Å². The second kappa shape index (κ2) is 5.77. The summed E-state index contributed by atoms with van der Waals surface area (Å²) in [4.78, 5) is 11.2. The van der Waals surface area contributed by atoms with Gasteiger partial charge in [-0.3, -0.25) is 0 Å². The third-order valence-corrected chi connectivity index (χ3v) is 3.15. The second-order valence-corrected chi connectivity index (χ2v) is 4.43. The molecule has 0 aliphatic carbocycles. The minimum Gasteiger partial charge on any atom is -0.464 e. The fourth-order valence-corrected chi connectivity index (χ4v) is 2.05. The zero-order valence-electron chi connectivity index (χ0n) is 10.6. The molecule has 0 spiro atoms. The summed E-state index contributed by atoms with van der Waals surface area (Å²) < 4.78 is 4.57. The summed E-state index contributed by atoms with van der Waals surface area (Å²) in [6.45, 7) is 3.21. The highest BCUT2D eigenvalue weighted by atomic mass is 16.5. The number of nitrogens with zero attached hydrogens (tertiary/aromatic N) is 2. The number of carbonyl (C=O) groups is 1.